The molecule has 13 aromatic carbocycles. The third kappa shape index (κ3) is 15.2. The van der Waals surface area contributed by atoms with Crippen molar-refractivity contribution < 1.29 is 0 Å². The van der Waals surface area contributed by atoms with Gasteiger partial charge < -0.3 is 0 Å². The van der Waals surface area contributed by atoms with Crippen molar-refractivity contribution in [2.24, 2.45) is 0 Å². The van der Waals surface area contributed by atoms with Crippen molar-refractivity contribution in [1.29, 1.82) is 0 Å². The number of pyridine rings is 2. The van der Waals surface area contributed by atoms with Gasteiger partial charge in [0.2, 0.25) is 0 Å². The summed E-state index contributed by atoms with van der Waals surface area (Å²) in [5.41, 5.74) is 23.5. The highest BCUT2D eigenvalue weighted by atomic mass is 14.9. The van der Waals surface area contributed by atoms with Gasteiger partial charge in [0.05, 0.1) is 44.7 Å². The van der Waals surface area contributed by atoms with E-state index in [1.54, 1.807) is 0 Å². The van der Waals surface area contributed by atoms with Gasteiger partial charge in [0.15, 0.2) is 0 Å². The van der Waals surface area contributed by atoms with E-state index in [1.807, 2.05) is 138 Å². The summed E-state index contributed by atoms with van der Waals surface area (Å²) >= 11 is 0. The van der Waals surface area contributed by atoms with Gasteiger partial charge >= 0.3 is 0 Å². The maximum Gasteiger partial charge on any atom is 0.126 e. The van der Waals surface area contributed by atoms with E-state index in [4.69, 9.17) is 4.98 Å². The van der Waals surface area contributed by atoms with Gasteiger partial charge in [-0.1, -0.05) is 303 Å². The van der Waals surface area contributed by atoms with Gasteiger partial charge in [-0.25, -0.2) is 29.9 Å². The number of aryl methyl sites for hydroxylation is 5. The van der Waals surface area contributed by atoms with Crippen LogP contribution >= 0.6 is 0 Å². The maximum atomic E-state index is 4.71. The molecule has 5 aromatic heterocycles. The molecule has 0 atom stereocenters. The van der Waals surface area contributed by atoms with Gasteiger partial charge in [-0.05, 0) is 132 Å². The van der Waals surface area contributed by atoms with Crippen LogP contribution in [0.2, 0.25) is 0 Å². The molecule has 0 aliphatic carbocycles. The van der Waals surface area contributed by atoms with E-state index in [0.717, 1.165) is 106 Å². The molecular weight excluding hydrogens is 1230 g/mol. The fourth-order valence-electron chi connectivity index (χ4n) is 12.9. The fourth-order valence-corrected chi connectivity index (χ4v) is 12.9. The lowest BCUT2D eigenvalue weighted by atomic mass is 9.97. The highest BCUT2D eigenvalue weighted by Crippen LogP contribution is 2.35. The van der Waals surface area contributed by atoms with Crippen LogP contribution in [-0.2, 0) is 0 Å². The van der Waals surface area contributed by atoms with E-state index in [2.05, 4.69) is 278 Å². The third-order valence-electron chi connectivity index (χ3n) is 17.6. The first-order chi connectivity index (χ1) is 49.6. The van der Waals surface area contributed by atoms with Gasteiger partial charge in [-0.15, -0.1) is 0 Å². The molecule has 18 rings (SSSR count). The molecule has 0 N–H and O–H groups in total. The standard InChI is InChI=1S/C22H17N.C21H16N2.C19H14N2.C16H13N.C15H12N2/c1-16-15-21(20-9-5-6-10-22(20)23-16)19-13-11-18(12-14-19)17-7-3-2-4-8-17;1-15-22-20-10-6-5-9-19(20)21(23-15)18-13-11-17(12-14-18)16-7-3-2-4-8-16;1-13-20-18-12-5-4-10-17(18)19(21-13)16-11-6-8-14-7-2-3-9-15(14)16;1-12-11-15(13-7-3-2-4-8-13)14-9-5-6-10-16(14)17-12;1-11-16-14-10-6-5-9-13(14)15(17-11)12-7-3-2-4-8-12/h2-15H,1H3;2-14H,1H3;2-12H,1H3;2-11H,1H3;2-10H,1H3. The summed E-state index contributed by atoms with van der Waals surface area (Å²) in [6.07, 6.45) is 0. The van der Waals surface area contributed by atoms with Crippen molar-refractivity contribution >= 4 is 65.3 Å². The first-order valence-corrected chi connectivity index (χ1v) is 34.0. The van der Waals surface area contributed by atoms with E-state index in [0.29, 0.717) is 0 Å². The van der Waals surface area contributed by atoms with Crippen LogP contribution in [0, 0.1) is 34.6 Å². The van der Waals surface area contributed by atoms with Crippen molar-refractivity contribution in [1.82, 2.24) is 39.9 Å². The van der Waals surface area contributed by atoms with Gasteiger partial charge in [0.25, 0.3) is 0 Å². The monoisotopic (exact) mass is 1300 g/mol. The average Bonchev–Trinajstić information content (AvgIpc) is 0.804. The number of rotatable bonds is 7. The lowest BCUT2D eigenvalue weighted by molar-refractivity contribution is 1.10. The molecule has 0 fully saturated rings. The molecule has 0 saturated heterocycles. The average molecular weight is 1300 g/mol. The van der Waals surface area contributed by atoms with E-state index in [-0.39, 0.29) is 0 Å². The summed E-state index contributed by atoms with van der Waals surface area (Å²) < 4.78 is 0. The van der Waals surface area contributed by atoms with Crippen molar-refractivity contribution in [2.45, 2.75) is 34.6 Å². The predicted molar refractivity (Wildman–Crippen MR) is 421 cm³/mol. The number of benzene rings is 13. The molecule has 0 radical (unpaired) electrons. The molecule has 0 spiro atoms. The first-order valence-electron chi connectivity index (χ1n) is 34.0. The summed E-state index contributed by atoms with van der Waals surface area (Å²) in [5.74, 6) is 2.41. The van der Waals surface area contributed by atoms with Crippen molar-refractivity contribution in [3.63, 3.8) is 0 Å². The lowest BCUT2D eigenvalue weighted by Gasteiger charge is -2.10. The zero-order valence-corrected chi connectivity index (χ0v) is 57.0. The smallest absolute Gasteiger partial charge is 0.126 e. The Morgan fingerprint density at radius 1 is 0.168 bits per heavy atom. The second-order valence-electron chi connectivity index (χ2n) is 24.7. The summed E-state index contributed by atoms with van der Waals surface area (Å²) in [4.78, 5) is 36.6. The molecule has 101 heavy (non-hydrogen) atoms. The fraction of sp³-hybridized carbons (Fsp3) is 0.0538. The highest BCUT2D eigenvalue weighted by Gasteiger charge is 2.14. The van der Waals surface area contributed by atoms with Crippen LogP contribution in [-0.4, -0.2) is 39.9 Å². The number of para-hydroxylation sites is 5. The summed E-state index contributed by atoms with van der Waals surface area (Å²) in [5, 5.41) is 8.16. The van der Waals surface area contributed by atoms with Crippen LogP contribution in [0.15, 0.2) is 346 Å². The number of fused-ring (bicyclic) bond motifs is 6. The minimum Gasteiger partial charge on any atom is -0.253 e. The molecule has 0 aliphatic rings. The van der Waals surface area contributed by atoms with Crippen molar-refractivity contribution in [3.8, 4) is 78.3 Å². The summed E-state index contributed by atoms with van der Waals surface area (Å²) in [7, 11) is 0. The molecule has 8 heteroatoms. The number of aromatic nitrogens is 8. The van der Waals surface area contributed by atoms with E-state index in [1.165, 1.54) is 66.1 Å². The second-order valence-corrected chi connectivity index (χ2v) is 24.7. The maximum absolute atomic E-state index is 4.71. The van der Waals surface area contributed by atoms with Crippen molar-refractivity contribution in [3.05, 3.63) is 375 Å². The van der Waals surface area contributed by atoms with Gasteiger partial charge in [-0.3, -0.25) is 9.97 Å². The topological polar surface area (TPSA) is 103 Å². The van der Waals surface area contributed by atoms with Gasteiger partial charge in [-0.2, -0.15) is 0 Å². The Hall–Kier alpha value is -13.0. The molecule has 5 heterocycles. The van der Waals surface area contributed by atoms with Crippen LogP contribution < -0.4 is 0 Å². The highest BCUT2D eigenvalue weighted by molar-refractivity contribution is 6.03. The molecule has 8 nitrogen and oxygen atoms in total. The summed E-state index contributed by atoms with van der Waals surface area (Å²) in [6.45, 7) is 9.90. The Morgan fingerprint density at radius 3 is 0.861 bits per heavy atom. The zero-order chi connectivity index (χ0) is 68.9. The van der Waals surface area contributed by atoms with E-state index >= 15 is 0 Å². The normalized spacial score (nSPS) is 10.8. The SMILES string of the molecule is Cc1cc(-c2ccc(-c3ccccc3)cc2)c2ccccc2n1.Cc1cc(-c2ccccc2)c2ccccc2n1.Cc1nc(-c2ccc(-c3ccccc3)cc2)c2ccccc2n1.Cc1nc(-c2cccc3ccccc23)c2ccccc2n1.Cc1nc(-c2ccccc2)c2ccccc2n1. The molecule has 0 aliphatic heterocycles. The predicted octanol–water partition coefficient (Wildman–Crippen LogP) is 23.7. The van der Waals surface area contributed by atoms with Crippen LogP contribution in [0.25, 0.3) is 144 Å². The summed E-state index contributed by atoms with van der Waals surface area (Å²) in [6, 6.07) is 119. The Balaban J connectivity index is 0.000000108. The van der Waals surface area contributed by atoms with Crippen LogP contribution in [0.4, 0.5) is 0 Å². The Labute approximate surface area is 589 Å². The second kappa shape index (κ2) is 30.6. The Bertz CT molecular complexity index is 5580. The number of hydrogen-bond donors (Lipinski definition) is 0. The molecular formula is C93H72N8. The molecule has 484 valence electrons. The number of nitrogens with zero attached hydrogens (tertiary/aromatic N) is 8. The van der Waals surface area contributed by atoms with Crippen molar-refractivity contribution in [2.75, 3.05) is 0 Å². The number of hydrogen-bond acceptors (Lipinski definition) is 8. The molecule has 0 unspecified atom stereocenters. The first kappa shape index (κ1) is 65.3. The van der Waals surface area contributed by atoms with E-state index in [9.17, 15) is 0 Å². The Kier molecular flexibility index (Phi) is 19.8. The Morgan fingerprint density at radius 2 is 0.436 bits per heavy atom. The van der Waals surface area contributed by atoms with Gasteiger partial charge in [0.1, 0.15) is 17.5 Å². The zero-order valence-electron chi connectivity index (χ0n) is 57.0. The van der Waals surface area contributed by atoms with Crippen LogP contribution in [0.3, 0.4) is 0 Å². The molecule has 0 saturated carbocycles. The molecule has 0 bridgehead atoms. The minimum atomic E-state index is 0.797. The minimum absolute atomic E-state index is 0.797. The largest absolute Gasteiger partial charge is 0.253 e. The van der Waals surface area contributed by atoms with E-state index < -0.39 is 0 Å². The third-order valence-corrected chi connectivity index (χ3v) is 17.6. The molecule has 18 aromatic rings. The quantitative estimate of drug-likeness (QED) is 0.155. The molecule has 0 amide bonds. The van der Waals surface area contributed by atoms with Crippen LogP contribution in [0.5, 0.6) is 0 Å². The van der Waals surface area contributed by atoms with Gasteiger partial charge in [0, 0.05) is 55.0 Å². The van der Waals surface area contributed by atoms with Crippen LogP contribution in [0.1, 0.15) is 28.9 Å². The lowest BCUT2D eigenvalue weighted by Crippen LogP contribution is -1.94.